The number of nitrogens with one attached hydrogen (secondary N) is 2. The van der Waals surface area contributed by atoms with Crippen molar-refractivity contribution in [3.63, 3.8) is 0 Å². The van der Waals surface area contributed by atoms with Gasteiger partial charge in [-0.05, 0) is 31.2 Å². The first-order valence-corrected chi connectivity index (χ1v) is 7.85. The topological polar surface area (TPSA) is 50.4 Å². The Balaban J connectivity index is 2.39. The van der Waals surface area contributed by atoms with E-state index in [0.29, 0.717) is 12.4 Å². The maximum atomic E-state index is 11.8. The summed E-state index contributed by atoms with van der Waals surface area (Å²) in [5, 5.41) is 6.20. The fourth-order valence-electron chi connectivity index (χ4n) is 1.77. The second kappa shape index (κ2) is 9.80. The zero-order chi connectivity index (χ0) is 14.8. The summed E-state index contributed by atoms with van der Waals surface area (Å²) in [5.41, 5.74) is 1.24. The predicted molar refractivity (Wildman–Crippen MR) is 84.0 cm³/mol. The SMILES string of the molecule is CCNCc1cccc(SCC(=O)NC(C)COC)c1. The number of amides is 1. The molecule has 0 saturated carbocycles. The molecule has 0 aliphatic rings. The van der Waals surface area contributed by atoms with Crippen molar-refractivity contribution < 1.29 is 9.53 Å². The fraction of sp³-hybridized carbons (Fsp3) is 0.533. The van der Waals surface area contributed by atoms with E-state index < -0.39 is 0 Å². The largest absolute Gasteiger partial charge is 0.383 e. The van der Waals surface area contributed by atoms with Crippen LogP contribution in [0.25, 0.3) is 0 Å². The number of benzene rings is 1. The van der Waals surface area contributed by atoms with E-state index in [1.165, 1.54) is 5.56 Å². The molecule has 0 aliphatic carbocycles. The summed E-state index contributed by atoms with van der Waals surface area (Å²) in [5.74, 6) is 0.468. The van der Waals surface area contributed by atoms with Gasteiger partial charge in [0.1, 0.15) is 0 Å². The van der Waals surface area contributed by atoms with Crippen molar-refractivity contribution in [3.8, 4) is 0 Å². The molecule has 1 rings (SSSR count). The molecule has 0 bridgehead atoms. The van der Waals surface area contributed by atoms with Crippen LogP contribution in [0.3, 0.4) is 0 Å². The Bertz CT molecular complexity index is 413. The number of carbonyl (C=O) groups is 1. The van der Waals surface area contributed by atoms with Crippen LogP contribution in [0.1, 0.15) is 19.4 Å². The molecule has 0 saturated heterocycles. The molecule has 2 N–H and O–H groups in total. The Morgan fingerprint density at radius 1 is 1.45 bits per heavy atom. The minimum absolute atomic E-state index is 0.0386. The second-order valence-corrected chi connectivity index (χ2v) is 5.69. The molecule has 0 radical (unpaired) electrons. The normalized spacial score (nSPS) is 12.2. The van der Waals surface area contributed by atoms with Gasteiger partial charge >= 0.3 is 0 Å². The van der Waals surface area contributed by atoms with Crippen molar-refractivity contribution in [2.24, 2.45) is 0 Å². The van der Waals surface area contributed by atoms with Crippen LogP contribution in [0.4, 0.5) is 0 Å². The smallest absolute Gasteiger partial charge is 0.230 e. The maximum absolute atomic E-state index is 11.8. The highest BCUT2D eigenvalue weighted by Crippen LogP contribution is 2.18. The first-order valence-electron chi connectivity index (χ1n) is 6.86. The van der Waals surface area contributed by atoms with Gasteiger partial charge in [-0.1, -0.05) is 19.1 Å². The monoisotopic (exact) mass is 296 g/mol. The van der Waals surface area contributed by atoms with E-state index in [1.807, 2.05) is 19.1 Å². The molecule has 1 aromatic carbocycles. The quantitative estimate of drug-likeness (QED) is 0.685. The summed E-state index contributed by atoms with van der Waals surface area (Å²) < 4.78 is 4.99. The fourth-order valence-corrected chi connectivity index (χ4v) is 2.56. The Kier molecular flexibility index (Phi) is 8.34. The third-order valence-corrected chi connectivity index (χ3v) is 3.67. The van der Waals surface area contributed by atoms with E-state index in [2.05, 4.69) is 29.7 Å². The summed E-state index contributed by atoms with van der Waals surface area (Å²) >= 11 is 1.56. The van der Waals surface area contributed by atoms with Gasteiger partial charge in [-0.15, -0.1) is 11.8 Å². The summed E-state index contributed by atoms with van der Waals surface area (Å²) in [7, 11) is 1.63. The third kappa shape index (κ3) is 6.93. The molecular weight excluding hydrogens is 272 g/mol. The highest BCUT2D eigenvalue weighted by atomic mass is 32.2. The van der Waals surface area contributed by atoms with Crippen LogP contribution in [0.2, 0.25) is 0 Å². The molecule has 20 heavy (non-hydrogen) atoms. The summed E-state index contributed by atoms with van der Waals surface area (Å²) in [4.78, 5) is 12.9. The number of rotatable bonds is 9. The highest BCUT2D eigenvalue weighted by Gasteiger charge is 2.07. The van der Waals surface area contributed by atoms with Crippen LogP contribution in [0.15, 0.2) is 29.2 Å². The van der Waals surface area contributed by atoms with Gasteiger partial charge < -0.3 is 15.4 Å². The molecule has 1 unspecified atom stereocenters. The van der Waals surface area contributed by atoms with Gasteiger partial charge in [0.15, 0.2) is 0 Å². The average Bonchev–Trinajstić information content (AvgIpc) is 2.43. The third-order valence-electron chi connectivity index (χ3n) is 2.67. The Hall–Kier alpha value is -1.04. The lowest BCUT2D eigenvalue weighted by molar-refractivity contribution is -0.119. The summed E-state index contributed by atoms with van der Waals surface area (Å²) in [6, 6.07) is 8.33. The molecule has 4 nitrogen and oxygen atoms in total. The summed E-state index contributed by atoms with van der Waals surface area (Å²) in [6.45, 7) is 6.38. The molecule has 1 amide bonds. The van der Waals surface area contributed by atoms with Gasteiger partial charge in [0, 0.05) is 24.6 Å². The lowest BCUT2D eigenvalue weighted by Gasteiger charge is -2.12. The molecule has 5 heteroatoms. The van der Waals surface area contributed by atoms with E-state index in [9.17, 15) is 4.79 Å². The van der Waals surface area contributed by atoms with E-state index in [0.717, 1.165) is 18.0 Å². The second-order valence-electron chi connectivity index (χ2n) is 4.64. The van der Waals surface area contributed by atoms with Crippen LogP contribution in [0.5, 0.6) is 0 Å². The van der Waals surface area contributed by atoms with E-state index in [1.54, 1.807) is 18.9 Å². The van der Waals surface area contributed by atoms with E-state index in [-0.39, 0.29) is 11.9 Å². The molecule has 0 fully saturated rings. The van der Waals surface area contributed by atoms with Crippen LogP contribution < -0.4 is 10.6 Å². The first kappa shape index (κ1) is 17.0. The molecule has 0 aliphatic heterocycles. The maximum Gasteiger partial charge on any atom is 0.230 e. The van der Waals surface area contributed by atoms with Gasteiger partial charge in [-0.25, -0.2) is 0 Å². The molecule has 112 valence electrons. The van der Waals surface area contributed by atoms with Gasteiger partial charge in [0.05, 0.1) is 12.4 Å². The van der Waals surface area contributed by atoms with E-state index >= 15 is 0 Å². The van der Waals surface area contributed by atoms with Crippen molar-refractivity contribution in [2.45, 2.75) is 31.3 Å². The number of carbonyl (C=O) groups excluding carboxylic acids is 1. The predicted octanol–water partition coefficient (Wildman–Crippen LogP) is 2.04. The van der Waals surface area contributed by atoms with Gasteiger partial charge in [0.2, 0.25) is 5.91 Å². The van der Waals surface area contributed by atoms with Crippen molar-refractivity contribution in [1.29, 1.82) is 0 Å². The van der Waals surface area contributed by atoms with Crippen LogP contribution in [0, 0.1) is 0 Å². The standard InChI is InChI=1S/C15H24N2O2S/c1-4-16-9-13-6-5-7-14(8-13)20-11-15(18)17-12(2)10-19-3/h5-8,12,16H,4,9-11H2,1-3H3,(H,17,18). The zero-order valence-electron chi connectivity index (χ0n) is 12.4. The molecule has 1 atom stereocenters. The van der Waals surface area contributed by atoms with Crippen molar-refractivity contribution in [2.75, 3.05) is 26.0 Å². The molecular formula is C15H24N2O2S. The first-order chi connectivity index (χ1) is 9.65. The van der Waals surface area contributed by atoms with Gasteiger partial charge in [-0.3, -0.25) is 4.79 Å². The Morgan fingerprint density at radius 3 is 2.95 bits per heavy atom. The molecule has 0 heterocycles. The zero-order valence-corrected chi connectivity index (χ0v) is 13.3. The lowest BCUT2D eigenvalue weighted by atomic mass is 10.2. The van der Waals surface area contributed by atoms with Crippen molar-refractivity contribution in [1.82, 2.24) is 10.6 Å². The minimum Gasteiger partial charge on any atom is -0.383 e. The highest BCUT2D eigenvalue weighted by molar-refractivity contribution is 8.00. The summed E-state index contributed by atoms with van der Waals surface area (Å²) in [6.07, 6.45) is 0. The lowest BCUT2D eigenvalue weighted by Crippen LogP contribution is -2.36. The minimum atomic E-state index is 0.0386. The molecule has 0 spiro atoms. The molecule has 0 aromatic heterocycles. The van der Waals surface area contributed by atoms with Crippen molar-refractivity contribution >= 4 is 17.7 Å². The van der Waals surface area contributed by atoms with Crippen LogP contribution in [-0.2, 0) is 16.1 Å². The Labute approximate surface area is 125 Å². The number of hydrogen-bond donors (Lipinski definition) is 2. The number of hydrogen-bond acceptors (Lipinski definition) is 4. The van der Waals surface area contributed by atoms with Gasteiger partial charge in [-0.2, -0.15) is 0 Å². The number of thioether (sulfide) groups is 1. The van der Waals surface area contributed by atoms with Crippen LogP contribution in [-0.4, -0.2) is 38.0 Å². The molecule has 1 aromatic rings. The average molecular weight is 296 g/mol. The number of methoxy groups -OCH3 is 1. The Morgan fingerprint density at radius 2 is 2.25 bits per heavy atom. The number of ether oxygens (including phenoxy) is 1. The van der Waals surface area contributed by atoms with Crippen molar-refractivity contribution in [3.05, 3.63) is 29.8 Å². The van der Waals surface area contributed by atoms with Crippen LogP contribution >= 0.6 is 11.8 Å². The van der Waals surface area contributed by atoms with E-state index in [4.69, 9.17) is 4.74 Å². The van der Waals surface area contributed by atoms with Gasteiger partial charge in [0.25, 0.3) is 0 Å².